The molecule has 3 rings (SSSR count). The van der Waals surface area contributed by atoms with Crippen LogP contribution in [0.1, 0.15) is 29.5 Å². The molecule has 124 valence electrons. The van der Waals surface area contributed by atoms with Gasteiger partial charge in [-0.1, -0.05) is 5.16 Å². The van der Waals surface area contributed by atoms with Gasteiger partial charge in [0.05, 0.1) is 24.9 Å². The Morgan fingerprint density at radius 3 is 3.00 bits per heavy atom. The molecule has 1 aliphatic rings. The number of aromatic amines is 1. The van der Waals surface area contributed by atoms with Crippen LogP contribution in [0.15, 0.2) is 10.6 Å². The van der Waals surface area contributed by atoms with Crippen molar-refractivity contribution in [3.05, 3.63) is 29.2 Å². The summed E-state index contributed by atoms with van der Waals surface area (Å²) in [5.74, 6) is 2.44. The molecule has 3 heterocycles. The summed E-state index contributed by atoms with van der Waals surface area (Å²) in [6.07, 6.45) is 1.60. The molecule has 0 bridgehead atoms. The van der Waals surface area contributed by atoms with Crippen LogP contribution in [0.5, 0.6) is 0 Å². The first-order valence-electron chi connectivity index (χ1n) is 7.77. The number of amides is 1. The lowest BCUT2D eigenvalue weighted by molar-refractivity contribution is -0.122. The summed E-state index contributed by atoms with van der Waals surface area (Å²) in [5.41, 5.74) is 0.862. The zero-order valence-corrected chi connectivity index (χ0v) is 13.3. The number of nitrogens with zero attached hydrogens (tertiary/aromatic N) is 3. The molecule has 2 aromatic rings. The van der Waals surface area contributed by atoms with E-state index in [9.17, 15) is 4.79 Å². The van der Waals surface area contributed by atoms with Gasteiger partial charge >= 0.3 is 0 Å². The number of aromatic nitrogens is 4. The smallest absolute Gasteiger partial charge is 0.220 e. The van der Waals surface area contributed by atoms with E-state index in [0.717, 1.165) is 17.3 Å². The van der Waals surface area contributed by atoms with Crippen LogP contribution in [0.25, 0.3) is 0 Å². The Labute approximate surface area is 134 Å². The van der Waals surface area contributed by atoms with E-state index in [0.29, 0.717) is 38.3 Å². The number of H-pyrrole nitrogens is 1. The van der Waals surface area contributed by atoms with Gasteiger partial charge in [0.1, 0.15) is 11.6 Å². The Morgan fingerprint density at radius 1 is 1.43 bits per heavy atom. The molecular formula is C15H21N5O3. The Kier molecular flexibility index (Phi) is 4.71. The molecule has 0 aliphatic carbocycles. The van der Waals surface area contributed by atoms with Crippen molar-refractivity contribution in [3.8, 4) is 0 Å². The van der Waals surface area contributed by atoms with Gasteiger partial charge in [-0.2, -0.15) is 5.10 Å². The third kappa shape index (κ3) is 4.16. The standard InChI is InChI=1S/C15H21N5O3/c1-9-5-12(23-20-9)6-11-7-22-8-13(11)17-15(21)4-3-14-16-10(2)18-19-14/h5,11,13H,3-4,6-8H2,1-2H3,(H,17,21)(H,16,18,19)/t11-,13+/m1/s1. The van der Waals surface area contributed by atoms with E-state index in [4.69, 9.17) is 9.26 Å². The number of hydrogen-bond donors (Lipinski definition) is 2. The number of nitrogens with one attached hydrogen (secondary N) is 2. The van der Waals surface area contributed by atoms with E-state index in [2.05, 4.69) is 25.7 Å². The van der Waals surface area contributed by atoms with Gasteiger partial charge in [0.15, 0.2) is 5.82 Å². The normalized spacial score (nSPS) is 20.8. The Hall–Kier alpha value is -2.22. The molecule has 2 aromatic heterocycles. The van der Waals surface area contributed by atoms with Gasteiger partial charge in [0, 0.05) is 31.2 Å². The summed E-state index contributed by atoms with van der Waals surface area (Å²) in [4.78, 5) is 16.3. The monoisotopic (exact) mass is 319 g/mol. The topological polar surface area (TPSA) is 106 Å². The van der Waals surface area contributed by atoms with Crippen molar-refractivity contribution in [2.24, 2.45) is 5.92 Å². The SMILES string of the molecule is Cc1cc(C[C@@H]2COC[C@@H]2NC(=O)CCc2n[nH]c(C)n2)on1. The zero-order chi connectivity index (χ0) is 16.2. The van der Waals surface area contributed by atoms with Gasteiger partial charge < -0.3 is 14.6 Å². The van der Waals surface area contributed by atoms with Crippen molar-refractivity contribution in [2.45, 2.75) is 39.2 Å². The summed E-state index contributed by atoms with van der Waals surface area (Å²) >= 11 is 0. The van der Waals surface area contributed by atoms with Crippen molar-refractivity contribution in [2.75, 3.05) is 13.2 Å². The van der Waals surface area contributed by atoms with Crippen LogP contribution >= 0.6 is 0 Å². The number of rotatable bonds is 6. The van der Waals surface area contributed by atoms with Crippen molar-refractivity contribution in [1.82, 2.24) is 25.7 Å². The molecule has 0 spiro atoms. The molecule has 0 radical (unpaired) electrons. The first kappa shape index (κ1) is 15.7. The average Bonchev–Trinajstić information content (AvgIpc) is 3.21. The summed E-state index contributed by atoms with van der Waals surface area (Å²) in [6, 6.07) is 1.92. The Bertz CT molecular complexity index is 666. The fraction of sp³-hybridized carbons (Fsp3) is 0.600. The third-order valence-electron chi connectivity index (χ3n) is 3.90. The Balaban J connectivity index is 1.48. The minimum absolute atomic E-state index is 0.00165. The second kappa shape index (κ2) is 6.91. The van der Waals surface area contributed by atoms with Gasteiger partial charge in [0.25, 0.3) is 0 Å². The van der Waals surface area contributed by atoms with E-state index < -0.39 is 0 Å². The Morgan fingerprint density at radius 2 is 2.30 bits per heavy atom. The maximum atomic E-state index is 12.1. The molecule has 0 saturated carbocycles. The maximum Gasteiger partial charge on any atom is 0.220 e. The van der Waals surface area contributed by atoms with Gasteiger partial charge in [-0.15, -0.1) is 0 Å². The van der Waals surface area contributed by atoms with Crippen molar-refractivity contribution in [3.63, 3.8) is 0 Å². The van der Waals surface area contributed by atoms with E-state index in [-0.39, 0.29) is 17.9 Å². The van der Waals surface area contributed by atoms with Gasteiger partial charge in [-0.25, -0.2) is 4.98 Å². The lowest BCUT2D eigenvalue weighted by Crippen LogP contribution is -2.40. The number of hydrogen-bond acceptors (Lipinski definition) is 6. The van der Waals surface area contributed by atoms with Crippen LogP contribution in [0.4, 0.5) is 0 Å². The first-order chi connectivity index (χ1) is 11.1. The predicted octanol–water partition coefficient (Wildman–Crippen LogP) is 0.716. The highest BCUT2D eigenvalue weighted by atomic mass is 16.5. The lowest BCUT2D eigenvalue weighted by atomic mass is 9.98. The molecule has 23 heavy (non-hydrogen) atoms. The van der Waals surface area contributed by atoms with Gasteiger partial charge in [-0.05, 0) is 13.8 Å². The van der Waals surface area contributed by atoms with E-state index in [1.807, 2.05) is 19.9 Å². The van der Waals surface area contributed by atoms with Gasteiger partial charge in [0.2, 0.25) is 5.91 Å². The molecule has 1 saturated heterocycles. The molecular weight excluding hydrogens is 298 g/mol. The highest BCUT2D eigenvalue weighted by Crippen LogP contribution is 2.20. The minimum atomic E-state index is -0.0123. The van der Waals surface area contributed by atoms with Gasteiger partial charge in [-0.3, -0.25) is 9.89 Å². The highest BCUT2D eigenvalue weighted by molar-refractivity contribution is 5.76. The fourth-order valence-corrected chi connectivity index (χ4v) is 2.74. The molecule has 0 unspecified atom stereocenters. The second-order valence-electron chi connectivity index (χ2n) is 5.95. The van der Waals surface area contributed by atoms with Crippen LogP contribution in [0.2, 0.25) is 0 Å². The largest absolute Gasteiger partial charge is 0.379 e. The fourth-order valence-electron chi connectivity index (χ4n) is 2.74. The quantitative estimate of drug-likeness (QED) is 0.812. The van der Waals surface area contributed by atoms with E-state index in [1.165, 1.54) is 0 Å². The van der Waals surface area contributed by atoms with Crippen molar-refractivity contribution < 1.29 is 14.1 Å². The third-order valence-corrected chi connectivity index (χ3v) is 3.90. The van der Waals surface area contributed by atoms with Crippen LogP contribution in [-0.4, -0.2) is 45.5 Å². The molecule has 8 nitrogen and oxygen atoms in total. The van der Waals surface area contributed by atoms with Crippen LogP contribution < -0.4 is 5.32 Å². The first-order valence-corrected chi connectivity index (χ1v) is 7.77. The highest BCUT2D eigenvalue weighted by Gasteiger charge is 2.30. The minimum Gasteiger partial charge on any atom is -0.379 e. The van der Waals surface area contributed by atoms with Crippen LogP contribution in [0.3, 0.4) is 0 Å². The predicted molar refractivity (Wildman–Crippen MR) is 80.6 cm³/mol. The zero-order valence-electron chi connectivity index (χ0n) is 13.3. The summed E-state index contributed by atoms with van der Waals surface area (Å²) in [7, 11) is 0. The van der Waals surface area contributed by atoms with Crippen LogP contribution in [0, 0.1) is 19.8 Å². The molecule has 1 amide bonds. The molecule has 2 atom stereocenters. The molecule has 8 heteroatoms. The molecule has 2 N–H and O–H groups in total. The number of carbonyl (C=O) groups is 1. The second-order valence-corrected chi connectivity index (χ2v) is 5.95. The van der Waals surface area contributed by atoms with E-state index in [1.54, 1.807) is 0 Å². The number of carbonyl (C=O) groups excluding carboxylic acids is 1. The van der Waals surface area contributed by atoms with Crippen molar-refractivity contribution >= 4 is 5.91 Å². The number of ether oxygens (including phenoxy) is 1. The summed E-state index contributed by atoms with van der Waals surface area (Å²) in [6.45, 7) is 4.87. The summed E-state index contributed by atoms with van der Waals surface area (Å²) < 4.78 is 10.8. The molecule has 1 aliphatic heterocycles. The lowest BCUT2D eigenvalue weighted by Gasteiger charge is -2.17. The molecule has 0 aromatic carbocycles. The maximum absolute atomic E-state index is 12.1. The van der Waals surface area contributed by atoms with Crippen molar-refractivity contribution in [1.29, 1.82) is 0 Å². The van der Waals surface area contributed by atoms with E-state index >= 15 is 0 Å². The summed E-state index contributed by atoms with van der Waals surface area (Å²) in [5, 5.41) is 13.7. The average molecular weight is 319 g/mol. The van der Waals surface area contributed by atoms with Crippen LogP contribution in [-0.2, 0) is 22.4 Å². The number of aryl methyl sites for hydroxylation is 3. The molecule has 1 fully saturated rings.